The second-order valence-corrected chi connectivity index (χ2v) is 9.89. The zero-order valence-electron chi connectivity index (χ0n) is 17.5. The lowest BCUT2D eigenvalue weighted by atomic mass is 9.79. The van der Waals surface area contributed by atoms with E-state index in [9.17, 15) is 18.0 Å². The molecule has 1 aromatic carbocycles. The molecule has 1 saturated carbocycles. The van der Waals surface area contributed by atoms with Gasteiger partial charge in [-0.1, -0.05) is 45.7 Å². The average molecular weight is 424 g/mol. The van der Waals surface area contributed by atoms with Crippen LogP contribution >= 0.6 is 0 Å². The average Bonchev–Trinajstić information content (AvgIpc) is 2.65. The van der Waals surface area contributed by atoms with Crippen molar-refractivity contribution in [1.29, 1.82) is 0 Å². The Balaban J connectivity index is 1.88. The molecule has 2 amide bonds. The maximum Gasteiger partial charge on any atom is 0.242 e. The van der Waals surface area contributed by atoms with Gasteiger partial charge in [-0.2, -0.15) is 0 Å². The number of primary sulfonamides is 1. The molecule has 0 radical (unpaired) electrons. The summed E-state index contributed by atoms with van der Waals surface area (Å²) in [6.07, 6.45) is 4.71. The van der Waals surface area contributed by atoms with Gasteiger partial charge in [0, 0.05) is 12.5 Å². The molecule has 1 aliphatic rings. The summed E-state index contributed by atoms with van der Waals surface area (Å²) in [5.74, 6) is 0.0876. The highest BCUT2D eigenvalue weighted by atomic mass is 32.2. The van der Waals surface area contributed by atoms with E-state index in [0.717, 1.165) is 31.2 Å². The summed E-state index contributed by atoms with van der Waals surface area (Å²) >= 11 is 0. The zero-order chi connectivity index (χ0) is 21.6. The first-order valence-corrected chi connectivity index (χ1v) is 11.8. The molecule has 1 fully saturated rings. The fraction of sp³-hybridized carbons (Fsp3) is 0.619. The van der Waals surface area contributed by atoms with Crippen molar-refractivity contribution in [2.45, 2.75) is 63.8 Å². The lowest BCUT2D eigenvalue weighted by Gasteiger charge is -2.30. The Morgan fingerprint density at radius 2 is 1.76 bits per heavy atom. The van der Waals surface area contributed by atoms with Crippen molar-refractivity contribution in [3.8, 4) is 0 Å². The third-order valence-electron chi connectivity index (χ3n) is 5.66. The highest BCUT2D eigenvalue weighted by molar-refractivity contribution is 7.89. The Labute approximate surface area is 173 Å². The number of hydrogen-bond acceptors (Lipinski definition) is 4. The van der Waals surface area contributed by atoms with Crippen LogP contribution in [0.1, 0.15) is 52.0 Å². The van der Waals surface area contributed by atoms with E-state index in [1.807, 2.05) is 13.8 Å². The first-order valence-electron chi connectivity index (χ1n) is 10.3. The van der Waals surface area contributed by atoms with Gasteiger partial charge in [-0.15, -0.1) is 0 Å². The number of nitrogens with two attached hydrogens (primary N) is 1. The molecule has 8 heteroatoms. The summed E-state index contributed by atoms with van der Waals surface area (Å²) < 4.78 is 22.6. The highest BCUT2D eigenvalue weighted by Gasteiger charge is 2.31. The summed E-state index contributed by atoms with van der Waals surface area (Å²) in [5.41, 5.74) is 0.888. The van der Waals surface area contributed by atoms with Gasteiger partial charge in [0.15, 0.2) is 0 Å². The summed E-state index contributed by atoms with van der Waals surface area (Å²) in [4.78, 5) is 25.4. The number of carbonyl (C=O) groups excluding carboxylic acids is 2. The van der Waals surface area contributed by atoms with Crippen LogP contribution in [-0.4, -0.2) is 32.8 Å². The molecule has 2 rings (SSSR count). The number of sulfonamides is 1. The molecule has 1 aliphatic carbocycles. The smallest absolute Gasteiger partial charge is 0.242 e. The van der Waals surface area contributed by atoms with Gasteiger partial charge >= 0.3 is 0 Å². The molecular weight excluding hydrogens is 390 g/mol. The van der Waals surface area contributed by atoms with Crippen LogP contribution in [0.25, 0.3) is 0 Å². The quantitative estimate of drug-likeness (QED) is 0.592. The van der Waals surface area contributed by atoms with Crippen LogP contribution in [0.3, 0.4) is 0 Å². The predicted octanol–water partition coefficient (Wildman–Crippen LogP) is 1.96. The molecular formula is C21H33N3O4S. The van der Waals surface area contributed by atoms with Crippen LogP contribution in [0.5, 0.6) is 0 Å². The summed E-state index contributed by atoms with van der Waals surface area (Å²) in [6.45, 7) is 6.34. The summed E-state index contributed by atoms with van der Waals surface area (Å²) in [7, 11) is -3.71. The van der Waals surface area contributed by atoms with Crippen molar-refractivity contribution < 1.29 is 18.0 Å². The molecule has 162 valence electrons. The van der Waals surface area contributed by atoms with Crippen LogP contribution in [0, 0.1) is 17.8 Å². The summed E-state index contributed by atoms with van der Waals surface area (Å²) in [6, 6.07) is 5.70. The predicted molar refractivity (Wildman–Crippen MR) is 112 cm³/mol. The molecule has 0 spiro atoms. The monoisotopic (exact) mass is 423 g/mol. The third-order valence-corrected chi connectivity index (χ3v) is 6.59. The lowest BCUT2D eigenvalue weighted by Crippen LogP contribution is -2.52. The Bertz CT molecular complexity index is 806. The number of rotatable bonds is 8. The fourth-order valence-corrected chi connectivity index (χ4v) is 4.30. The second-order valence-electron chi connectivity index (χ2n) is 8.33. The molecule has 3 unspecified atom stereocenters. The van der Waals surface area contributed by atoms with Crippen LogP contribution in [-0.2, 0) is 26.0 Å². The van der Waals surface area contributed by atoms with Gasteiger partial charge in [0.1, 0.15) is 6.04 Å². The molecule has 4 N–H and O–H groups in total. The van der Waals surface area contributed by atoms with E-state index in [4.69, 9.17) is 5.14 Å². The normalized spacial score (nSPS) is 20.9. The van der Waals surface area contributed by atoms with E-state index >= 15 is 0 Å². The number of nitrogens with one attached hydrogen (secondary N) is 2. The van der Waals surface area contributed by atoms with Gasteiger partial charge in [-0.3, -0.25) is 9.59 Å². The Hall–Kier alpha value is -1.93. The molecule has 7 nitrogen and oxygen atoms in total. The van der Waals surface area contributed by atoms with Gasteiger partial charge in [0.25, 0.3) is 0 Å². The minimum Gasteiger partial charge on any atom is -0.354 e. The number of carbonyl (C=O) groups is 2. The number of amides is 2. The topological polar surface area (TPSA) is 118 Å². The van der Waals surface area contributed by atoms with E-state index in [1.165, 1.54) is 12.1 Å². The second kappa shape index (κ2) is 10.2. The number of benzene rings is 1. The van der Waals surface area contributed by atoms with Crippen LogP contribution < -0.4 is 15.8 Å². The van der Waals surface area contributed by atoms with Crippen molar-refractivity contribution in [2.75, 3.05) is 6.54 Å². The van der Waals surface area contributed by atoms with Crippen LogP contribution in [0.2, 0.25) is 0 Å². The van der Waals surface area contributed by atoms with Gasteiger partial charge in [-0.25, -0.2) is 13.6 Å². The maximum atomic E-state index is 12.7. The van der Waals surface area contributed by atoms with Crippen LogP contribution in [0.4, 0.5) is 0 Å². The molecule has 3 atom stereocenters. The van der Waals surface area contributed by atoms with Gasteiger partial charge in [0.2, 0.25) is 21.8 Å². The van der Waals surface area contributed by atoms with Gasteiger partial charge < -0.3 is 10.6 Å². The van der Waals surface area contributed by atoms with Gasteiger partial charge in [-0.05, 0) is 48.8 Å². The van der Waals surface area contributed by atoms with Crippen molar-refractivity contribution in [1.82, 2.24) is 10.6 Å². The third kappa shape index (κ3) is 6.82. The van der Waals surface area contributed by atoms with Crippen molar-refractivity contribution >= 4 is 21.8 Å². The lowest BCUT2D eigenvalue weighted by molar-refractivity contribution is -0.133. The molecule has 29 heavy (non-hydrogen) atoms. The molecule has 0 bridgehead atoms. The molecule has 0 aromatic heterocycles. The highest BCUT2D eigenvalue weighted by Crippen LogP contribution is 2.29. The number of hydrogen-bond donors (Lipinski definition) is 3. The van der Waals surface area contributed by atoms with Crippen molar-refractivity contribution in [3.05, 3.63) is 29.8 Å². The molecule has 0 saturated heterocycles. The van der Waals surface area contributed by atoms with Gasteiger partial charge in [0.05, 0.1) is 4.90 Å². The Morgan fingerprint density at radius 1 is 1.14 bits per heavy atom. The van der Waals surface area contributed by atoms with E-state index in [1.54, 1.807) is 12.1 Å². The van der Waals surface area contributed by atoms with E-state index in [2.05, 4.69) is 17.6 Å². The largest absolute Gasteiger partial charge is 0.354 e. The first-order chi connectivity index (χ1) is 13.6. The fourth-order valence-electron chi connectivity index (χ4n) is 3.79. The van der Waals surface area contributed by atoms with Crippen molar-refractivity contribution in [3.63, 3.8) is 0 Å². The summed E-state index contributed by atoms with van der Waals surface area (Å²) in [5, 5.41) is 10.9. The standard InChI is InChI=1S/C21H33N3O4S/c1-14(2)19(24-20(25)18-7-5-4-6-15(18)3)21(26)23-13-12-16-8-10-17(11-9-16)29(22,27)28/h8-11,14-15,18-19H,4-7,12-13H2,1-3H3,(H,23,26)(H,24,25)(H2,22,27,28). The SMILES string of the molecule is CC(C)C(NC(=O)C1CCCCC1C)C(=O)NCCc1ccc(S(N)(=O)=O)cc1. The van der Waals surface area contributed by atoms with Crippen LogP contribution in [0.15, 0.2) is 29.2 Å². The maximum absolute atomic E-state index is 12.7. The Morgan fingerprint density at radius 3 is 2.31 bits per heavy atom. The van der Waals surface area contributed by atoms with Crippen molar-refractivity contribution in [2.24, 2.45) is 22.9 Å². The van der Waals surface area contributed by atoms with E-state index in [-0.39, 0.29) is 28.5 Å². The van der Waals surface area contributed by atoms with E-state index < -0.39 is 16.1 Å². The Kier molecular flexibility index (Phi) is 8.22. The zero-order valence-corrected chi connectivity index (χ0v) is 18.3. The minimum atomic E-state index is -3.71. The van der Waals surface area contributed by atoms with E-state index in [0.29, 0.717) is 18.9 Å². The molecule has 0 heterocycles. The first kappa shape index (κ1) is 23.3. The molecule has 0 aliphatic heterocycles. The molecule has 1 aromatic rings. The minimum absolute atomic E-state index is 0.0184.